The maximum absolute atomic E-state index is 12.3. The quantitative estimate of drug-likeness (QED) is 0.531. The first kappa shape index (κ1) is 22.6. The minimum atomic E-state index is -3.20. The van der Waals surface area contributed by atoms with Gasteiger partial charge in [0.15, 0.2) is 0 Å². The van der Waals surface area contributed by atoms with Crippen molar-refractivity contribution in [2.75, 3.05) is 19.4 Å². The summed E-state index contributed by atoms with van der Waals surface area (Å²) in [5.41, 5.74) is 8.85. The third-order valence-electron chi connectivity index (χ3n) is 6.58. The van der Waals surface area contributed by atoms with Crippen molar-refractivity contribution < 1.29 is 17.9 Å². The van der Waals surface area contributed by atoms with Gasteiger partial charge in [-0.25, -0.2) is 13.4 Å². The molecule has 3 heterocycles. The largest absolute Gasteiger partial charge is 0.492 e. The monoisotopic (exact) mass is 487 g/mol. The van der Waals surface area contributed by atoms with Crippen molar-refractivity contribution in [2.24, 2.45) is 5.73 Å². The van der Waals surface area contributed by atoms with Crippen LogP contribution in [-0.2, 0) is 10.0 Å². The fourth-order valence-electron chi connectivity index (χ4n) is 5.29. The van der Waals surface area contributed by atoms with Crippen molar-refractivity contribution >= 4 is 31.6 Å². The van der Waals surface area contributed by atoms with E-state index in [1.54, 1.807) is 4.31 Å². The third kappa shape index (κ3) is 4.59. The number of aryl methyl sites for hydroxylation is 1. The zero-order valence-electron chi connectivity index (χ0n) is 18.9. The molecular weight excluding hydrogens is 458 g/mol. The summed E-state index contributed by atoms with van der Waals surface area (Å²) in [6.07, 6.45) is 4.71. The molecule has 9 heteroatoms. The van der Waals surface area contributed by atoms with Gasteiger partial charge in [-0.3, -0.25) is 0 Å². The van der Waals surface area contributed by atoms with Crippen molar-refractivity contribution in [2.45, 2.75) is 50.6 Å². The van der Waals surface area contributed by atoms with Gasteiger partial charge >= 0.3 is 0 Å². The van der Waals surface area contributed by atoms with Crippen LogP contribution in [0.25, 0.3) is 10.2 Å². The lowest BCUT2D eigenvalue weighted by Gasteiger charge is -2.37. The highest BCUT2D eigenvalue weighted by Gasteiger charge is 2.46. The van der Waals surface area contributed by atoms with Crippen molar-refractivity contribution in [3.8, 4) is 16.7 Å². The molecule has 2 N–H and O–H groups in total. The van der Waals surface area contributed by atoms with E-state index in [-0.39, 0.29) is 18.0 Å². The number of thiazole rings is 1. The molecule has 2 unspecified atom stereocenters. The van der Waals surface area contributed by atoms with Crippen molar-refractivity contribution in [3.63, 3.8) is 0 Å². The van der Waals surface area contributed by atoms with Gasteiger partial charge in [-0.05, 0) is 74.4 Å². The molecular formula is C24H29N3O4S2. The molecule has 2 bridgehead atoms. The first-order chi connectivity index (χ1) is 15.8. The van der Waals surface area contributed by atoms with Gasteiger partial charge in [0.05, 0.1) is 16.5 Å². The summed E-state index contributed by atoms with van der Waals surface area (Å²) < 4.78 is 39.6. The van der Waals surface area contributed by atoms with Crippen molar-refractivity contribution in [1.29, 1.82) is 0 Å². The predicted molar refractivity (Wildman–Crippen MR) is 131 cm³/mol. The molecule has 2 atom stereocenters. The van der Waals surface area contributed by atoms with Crippen LogP contribution < -0.4 is 15.2 Å². The Balaban J connectivity index is 1.43. The Morgan fingerprint density at radius 2 is 1.91 bits per heavy atom. The molecule has 0 saturated carbocycles. The molecule has 0 amide bonds. The molecule has 2 aromatic carbocycles. The molecule has 2 saturated heterocycles. The number of ether oxygens (including phenoxy) is 2. The van der Waals surface area contributed by atoms with Crippen molar-refractivity contribution in [1.82, 2.24) is 9.29 Å². The molecule has 176 valence electrons. The Labute approximate surface area is 198 Å². The van der Waals surface area contributed by atoms with E-state index >= 15 is 0 Å². The van der Waals surface area contributed by atoms with Crippen LogP contribution in [0.4, 0.5) is 0 Å². The average Bonchev–Trinajstić information content (AvgIpc) is 3.29. The van der Waals surface area contributed by atoms with Crippen LogP contribution >= 0.6 is 11.3 Å². The number of sulfonamides is 1. The number of benzene rings is 2. The standard InChI is InChI=1S/C24H29N3O4S2/c1-15-3-7-21-23(11-15)32-24(26-21)31-19-6-8-22(30-10-9-25)20(14-19)16-12-17-4-5-18(13-16)27(17)33(2,28)29/h3,6-8,11,14,16-18H,4-5,9-10,12-13,25H2,1-2H3. The molecule has 0 spiro atoms. The Morgan fingerprint density at radius 1 is 1.15 bits per heavy atom. The maximum atomic E-state index is 12.3. The Kier molecular flexibility index (Phi) is 6.07. The fourth-order valence-corrected chi connectivity index (χ4v) is 7.69. The topological polar surface area (TPSA) is 94.8 Å². The number of aromatic nitrogens is 1. The van der Waals surface area contributed by atoms with Gasteiger partial charge in [0.25, 0.3) is 5.19 Å². The number of rotatable bonds is 7. The first-order valence-electron chi connectivity index (χ1n) is 11.3. The van der Waals surface area contributed by atoms with Crippen molar-refractivity contribution in [3.05, 3.63) is 47.5 Å². The van der Waals surface area contributed by atoms with Crippen LogP contribution in [0, 0.1) is 6.92 Å². The number of piperidine rings is 1. The van der Waals surface area contributed by atoms with Gasteiger partial charge in [-0.15, -0.1) is 0 Å². The van der Waals surface area contributed by atoms with E-state index in [1.807, 2.05) is 30.3 Å². The van der Waals surface area contributed by atoms with Crippen LogP contribution in [-0.4, -0.2) is 49.2 Å². The van der Waals surface area contributed by atoms with Crippen LogP contribution in [0.15, 0.2) is 36.4 Å². The Bertz CT molecular complexity index is 1260. The molecule has 2 aliphatic heterocycles. The van der Waals surface area contributed by atoms with E-state index in [1.165, 1.54) is 23.2 Å². The summed E-state index contributed by atoms with van der Waals surface area (Å²) in [6.45, 7) is 2.92. The second kappa shape index (κ2) is 8.87. The summed E-state index contributed by atoms with van der Waals surface area (Å²) >= 11 is 1.53. The van der Waals surface area contributed by atoms with Gasteiger partial charge in [-0.1, -0.05) is 17.4 Å². The molecule has 1 aromatic heterocycles. The highest BCUT2D eigenvalue weighted by atomic mass is 32.2. The lowest BCUT2D eigenvalue weighted by atomic mass is 9.85. The Hall–Kier alpha value is -2.20. The summed E-state index contributed by atoms with van der Waals surface area (Å²) in [7, 11) is -3.20. The Morgan fingerprint density at radius 3 is 2.61 bits per heavy atom. The molecule has 0 aliphatic carbocycles. The zero-order chi connectivity index (χ0) is 23.2. The molecule has 0 radical (unpaired) electrons. The smallest absolute Gasteiger partial charge is 0.279 e. The fraction of sp³-hybridized carbons (Fsp3) is 0.458. The highest BCUT2D eigenvalue weighted by Crippen LogP contribution is 2.47. The molecule has 3 aromatic rings. The van der Waals surface area contributed by atoms with Gasteiger partial charge in [-0.2, -0.15) is 4.31 Å². The third-order valence-corrected chi connectivity index (χ3v) is 8.83. The van der Waals surface area contributed by atoms with E-state index in [0.717, 1.165) is 47.2 Å². The molecule has 2 aliphatic rings. The maximum Gasteiger partial charge on any atom is 0.279 e. The highest BCUT2D eigenvalue weighted by molar-refractivity contribution is 7.88. The van der Waals surface area contributed by atoms with E-state index < -0.39 is 10.0 Å². The summed E-state index contributed by atoms with van der Waals surface area (Å²) in [6, 6.07) is 12.1. The van der Waals surface area contributed by atoms with Crippen LogP contribution in [0.3, 0.4) is 0 Å². The predicted octanol–water partition coefficient (Wildman–Crippen LogP) is 4.40. The van der Waals surface area contributed by atoms with Crippen LogP contribution in [0.5, 0.6) is 16.7 Å². The van der Waals surface area contributed by atoms with Gasteiger partial charge in [0, 0.05) is 24.2 Å². The minimum absolute atomic E-state index is 0.0446. The number of hydrogen-bond acceptors (Lipinski definition) is 7. The van der Waals surface area contributed by atoms with E-state index in [9.17, 15) is 8.42 Å². The molecule has 5 rings (SSSR count). The van der Waals surface area contributed by atoms with Crippen LogP contribution in [0.2, 0.25) is 0 Å². The van der Waals surface area contributed by atoms with E-state index in [2.05, 4.69) is 18.0 Å². The summed E-state index contributed by atoms with van der Waals surface area (Å²) in [4.78, 5) is 4.61. The number of nitrogens with two attached hydrogens (primary N) is 1. The number of hydrogen-bond donors (Lipinski definition) is 1. The normalized spacial score (nSPS) is 23.2. The van der Waals surface area contributed by atoms with E-state index in [0.29, 0.717) is 24.1 Å². The van der Waals surface area contributed by atoms with Gasteiger partial charge in [0.1, 0.15) is 18.1 Å². The number of fused-ring (bicyclic) bond motifs is 3. The second-order valence-corrected chi connectivity index (χ2v) is 11.9. The molecule has 33 heavy (non-hydrogen) atoms. The molecule has 2 fully saturated rings. The summed E-state index contributed by atoms with van der Waals surface area (Å²) in [5, 5.41) is 0.601. The van der Waals surface area contributed by atoms with Gasteiger partial charge in [0.2, 0.25) is 10.0 Å². The lowest BCUT2D eigenvalue weighted by Crippen LogP contribution is -2.45. The summed E-state index contributed by atoms with van der Waals surface area (Å²) in [5.74, 6) is 1.71. The number of nitrogens with zero attached hydrogens (tertiary/aromatic N) is 2. The van der Waals surface area contributed by atoms with Gasteiger partial charge < -0.3 is 15.2 Å². The van der Waals surface area contributed by atoms with E-state index in [4.69, 9.17) is 15.2 Å². The molecule has 7 nitrogen and oxygen atoms in total. The van der Waals surface area contributed by atoms with Crippen LogP contribution in [0.1, 0.15) is 42.7 Å². The zero-order valence-corrected chi connectivity index (χ0v) is 20.5. The minimum Gasteiger partial charge on any atom is -0.492 e. The SMILES string of the molecule is Cc1ccc2nc(Oc3ccc(OCCN)c(C4CC5CCC(C4)N5S(C)(=O)=O)c3)sc2c1. The second-order valence-electron chi connectivity index (χ2n) is 9.04. The lowest BCUT2D eigenvalue weighted by molar-refractivity contribution is 0.223. The first-order valence-corrected chi connectivity index (χ1v) is 14.0. The average molecular weight is 488 g/mol.